The van der Waals surface area contributed by atoms with Crippen molar-refractivity contribution in [1.82, 2.24) is 9.97 Å². The molecule has 4 amide bonds. The molecule has 12 rings (SSSR count). The molecular weight excluding hydrogens is 1790 g/mol. The molecule has 4 aliphatic rings. The number of carbonyl (C=O) groups excluding carboxylic acids is 8. The molecule has 0 bridgehead atoms. The van der Waals surface area contributed by atoms with Gasteiger partial charge in [-0.1, -0.05) is 137 Å². The maximum atomic E-state index is 15.0. The number of anilines is 2. The predicted octanol–water partition coefficient (Wildman–Crippen LogP) is 18.3. The predicted molar refractivity (Wildman–Crippen MR) is 354 cm³/mol. The highest BCUT2D eigenvalue weighted by atomic mass is 127. The van der Waals surface area contributed by atoms with Crippen molar-refractivity contribution < 1.29 is 38.4 Å². The van der Waals surface area contributed by atoms with E-state index in [-0.39, 0.29) is 108 Å². The van der Waals surface area contributed by atoms with Crippen LogP contribution in [0.1, 0.15) is 117 Å². The van der Waals surface area contributed by atoms with E-state index in [4.69, 9.17) is 126 Å². The third kappa shape index (κ3) is 8.65. The first-order chi connectivity index (χ1) is 39.1. The normalized spacial score (nSPS) is 15.8. The molecule has 0 saturated heterocycles. The standard InChI is InChI=1S/C53H12BBr6Cl10IN4O8/c54-26-30(58)27(55)20-25(41(26)71)49(79)17(48(20)78)15-4-2-11-43(73-15)13(62)7-9(45(11)75-52(82)23-24(53(75)83)36(66)40(70)39(69)35(23)65)5-8-6-12(61)42-10(44(8)74-50(80)21-22(51(74)81)34(64)38(68)37(67)33(21)63)1-3-14(72-42)16-46(76)18-19(47(16)77)29(57)32(60)31(59)28(18)56/h1-4,6-7,16-17H,5,54H2. The second-order valence-corrected chi connectivity index (χ2v) is 28.4. The van der Waals surface area contributed by atoms with Gasteiger partial charge in [0.25, 0.3) is 23.6 Å². The summed E-state index contributed by atoms with van der Waals surface area (Å²) in [6, 6.07) is 8.24. The zero-order valence-electron chi connectivity index (χ0n) is 39.8. The van der Waals surface area contributed by atoms with Gasteiger partial charge in [0.2, 0.25) is 0 Å². The fourth-order valence-electron chi connectivity index (χ4n) is 10.7. The number of fused-ring (bicyclic) bond motifs is 6. The Morgan fingerprint density at radius 1 is 0.422 bits per heavy atom. The quantitative estimate of drug-likeness (QED) is 0.0390. The molecule has 4 heterocycles. The van der Waals surface area contributed by atoms with Gasteiger partial charge >= 0.3 is 0 Å². The van der Waals surface area contributed by atoms with Gasteiger partial charge in [0.05, 0.1) is 106 Å². The number of imide groups is 2. The minimum atomic E-state index is -1.50. The van der Waals surface area contributed by atoms with Gasteiger partial charge in [0.1, 0.15) is 19.7 Å². The maximum absolute atomic E-state index is 15.0. The highest BCUT2D eigenvalue weighted by Gasteiger charge is 2.49. The molecule has 1 unspecified atom stereocenters. The number of ketones is 4. The van der Waals surface area contributed by atoms with E-state index in [1.165, 1.54) is 36.4 Å². The lowest BCUT2D eigenvalue weighted by atomic mass is 9.92. The maximum Gasteiger partial charge on any atom is 0.267 e. The van der Waals surface area contributed by atoms with Crippen LogP contribution >= 0.6 is 234 Å². The van der Waals surface area contributed by atoms with E-state index in [0.717, 1.165) is 9.80 Å². The number of hydrogen-bond acceptors (Lipinski definition) is 10. The summed E-state index contributed by atoms with van der Waals surface area (Å²) >= 11 is 89.9. The van der Waals surface area contributed by atoms with Crippen LogP contribution in [-0.2, 0) is 6.42 Å². The van der Waals surface area contributed by atoms with Crippen molar-refractivity contribution in [2.75, 3.05) is 9.80 Å². The molecule has 0 radical (unpaired) electrons. The Hall–Kier alpha value is -2.33. The summed E-state index contributed by atoms with van der Waals surface area (Å²) in [4.78, 5) is 129. The number of pyridine rings is 2. The number of benzene rings is 6. The van der Waals surface area contributed by atoms with Gasteiger partial charge in [-0.05, 0) is 150 Å². The lowest BCUT2D eigenvalue weighted by Crippen LogP contribution is -2.32. The average Bonchev–Trinajstić information content (AvgIpc) is 4.20. The van der Waals surface area contributed by atoms with Crippen molar-refractivity contribution in [2.45, 2.75) is 18.3 Å². The molecule has 0 spiro atoms. The van der Waals surface area contributed by atoms with E-state index in [2.05, 4.69) is 95.6 Å². The van der Waals surface area contributed by atoms with E-state index in [1.54, 1.807) is 7.85 Å². The summed E-state index contributed by atoms with van der Waals surface area (Å²) in [6.07, 6.45) is -0.484. The molecule has 8 aromatic rings. The van der Waals surface area contributed by atoms with E-state index in [0.29, 0.717) is 35.9 Å². The molecule has 2 aromatic heterocycles. The van der Waals surface area contributed by atoms with Crippen molar-refractivity contribution >= 4 is 327 Å². The zero-order valence-corrected chi connectivity index (χ0v) is 59.0. The SMILES string of the molecule is Bc1c(Br)c(Br)c2c(c1I)C(=O)C(c1ccc3c(N4C(=O)c5c(Cl)c(Cl)c(Cl)c(Cl)c5C4=O)c(Cc4cc(Cl)c5nc(C6C(=O)c7c(Br)c(Br)c(Br)c(Br)c7C6=O)ccc5c4N4C(=O)c5c(Cl)c(Cl)c(Cl)c(Cl)c5C4=O)cc(Cl)c3n1)C2=O. The summed E-state index contributed by atoms with van der Waals surface area (Å²) < 4.78 is 3.01. The Kier molecular flexibility index (Phi) is 15.9. The van der Waals surface area contributed by atoms with E-state index in [9.17, 15) is 19.2 Å². The molecule has 0 N–H and O–H groups in total. The van der Waals surface area contributed by atoms with E-state index >= 15 is 19.2 Å². The Bertz CT molecular complexity index is 4230. The first-order valence-electron chi connectivity index (χ1n) is 23.0. The number of rotatable bonds is 6. The summed E-state index contributed by atoms with van der Waals surface area (Å²) in [6.45, 7) is 0. The van der Waals surface area contributed by atoms with Crippen LogP contribution in [0.15, 0.2) is 63.2 Å². The van der Waals surface area contributed by atoms with Gasteiger partial charge in [-0.25, -0.2) is 19.8 Å². The summed E-state index contributed by atoms with van der Waals surface area (Å²) in [5.41, 5.74) is -1.16. The molecular formula is C53H12BBr6Cl10IN4O8. The van der Waals surface area contributed by atoms with Gasteiger partial charge in [-0.2, -0.15) is 0 Å². The molecule has 12 nitrogen and oxygen atoms in total. The van der Waals surface area contributed by atoms with E-state index in [1.807, 2.05) is 22.6 Å². The van der Waals surface area contributed by atoms with Gasteiger partial charge in [-0.15, -0.1) is 0 Å². The largest absolute Gasteiger partial charge is 0.293 e. The molecule has 0 saturated carbocycles. The second-order valence-electron chi connectivity index (χ2n) is 18.7. The van der Waals surface area contributed by atoms with Crippen molar-refractivity contribution in [3.8, 4) is 0 Å². The molecule has 1 atom stereocenters. The van der Waals surface area contributed by atoms with Crippen molar-refractivity contribution in [3.05, 3.63) is 184 Å². The van der Waals surface area contributed by atoms with Crippen LogP contribution in [0.3, 0.4) is 0 Å². The number of nitrogens with zero attached hydrogens (tertiary/aromatic N) is 4. The molecule has 414 valence electrons. The van der Waals surface area contributed by atoms with Crippen molar-refractivity contribution in [1.29, 1.82) is 0 Å². The Balaban J connectivity index is 1.09. The third-order valence-electron chi connectivity index (χ3n) is 14.5. The van der Waals surface area contributed by atoms with Gasteiger partial charge in [-0.3, -0.25) is 38.4 Å². The number of amides is 4. The second kappa shape index (κ2) is 21.7. The fraction of sp³-hybridized carbons (Fsp3) is 0.0566. The number of hydrogen-bond donors (Lipinski definition) is 0. The van der Waals surface area contributed by atoms with Crippen molar-refractivity contribution in [3.63, 3.8) is 0 Å². The zero-order chi connectivity index (χ0) is 60.1. The van der Waals surface area contributed by atoms with Gasteiger partial charge in [0.15, 0.2) is 23.1 Å². The third-order valence-corrected chi connectivity index (χ3v) is 27.1. The van der Waals surface area contributed by atoms with Gasteiger partial charge in [0, 0.05) is 69.9 Å². The molecule has 2 aliphatic carbocycles. The van der Waals surface area contributed by atoms with E-state index < -0.39 is 107 Å². The Labute approximate surface area is 580 Å². The van der Waals surface area contributed by atoms with Crippen LogP contribution in [0.5, 0.6) is 0 Å². The lowest BCUT2D eigenvalue weighted by molar-refractivity contribution is 0.0871. The number of aromatic nitrogens is 2. The summed E-state index contributed by atoms with van der Waals surface area (Å²) in [7, 11) is 1.79. The summed E-state index contributed by atoms with van der Waals surface area (Å²) in [5, 5.41) is -3.24. The highest BCUT2D eigenvalue weighted by molar-refractivity contribution is 14.1. The Morgan fingerprint density at radius 2 is 0.723 bits per heavy atom. The average molecular weight is 1800 g/mol. The summed E-state index contributed by atoms with van der Waals surface area (Å²) in [5.74, 6) is -9.43. The smallest absolute Gasteiger partial charge is 0.267 e. The van der Waals surface area contributed by atoms with Gasteiger partial charge < -0.3 is 0 Å². The lowest BCUT2D eigenvalue weighted by Gasteiger charge is -2.25. The van der Waals surface area contributed by atoms with Crippen LogP contribution in [0.25, 0.3) is 21.8 Å². The van der Waals surface area contributed by atoms with Crippen LogP contribution in [0.4, 0.5) is 11.4 Å². The van der Waals surface area contributed by atoms with Crippen molar-refractivity contribution in [2.24, 2.45) is 0 Å². The molecule has 30 heteroatoms. The fourth-order valence-corrected chi connectivity index (χ4v) is 18.1. The first kappa shape index (κ1) is 60.9. The monoisotopic (exact) mass is 1790 g/mol. The topological polar surface area (TPSA) is 169 Å². The molecule has 6 aromatic carbocycles. The van der Waals surface area contributed by atoms with Crippen LogP contribution in [-0.4, -0.2) is 64.6 Å². The molecule has 0 fully saturated rings. The van der Waals surface area contributed by atoms with Crippen LogP contribution in [0.2, 0.25) is 50.2 Å². The first-order valence-corrected chi connectivity index (χ1v) is 32.6. The number of Topliss-reactive ketones (excluding diaryl/α,β-unsaturated/α-hetero) is 4. The minimum absolute atomic E-state index is 0.00694. The molecule has 2 aliphatic heterocycles. The molecule has 83 heavy (non-hydrogen) atoms. The number of halogens is 17. The Morgan fingerprint density at radius 3 is 1.06 bits per heavy atom. The minimum Gasteiger partial charge on any atom is -0.293 e. The highest BCUT2D eigenvalue weighted by Crippen LogP contribution is 2.54. The van der Waals surface area contributed by atoms with Crippen LogP contribution < -0.4 is 15.3 Å². The van der Waals surface area contributed by atoms with Crippen LogP contribution in [0, 0.1) is 3.57 Å². The number of carbonyl (C=O) groups is 8.